The molecule has 3 aromatic rings. The summed E-state index contributed by atoms with van der Waals surface area (Å²) >= 11 is 0. The number of fused-ring (bicyclic) bond motifs is 3. The lowest BCUT2D eigenvalue weighted by Crippen LogP contribution is -2.40. The maximum atomic E-state index is 13.0. The SMILES string of the molecule is Cc1ccc(C(=O)N2CCC[C@@H]2C(=O)O)cc1NC(=O)OCC1c2ccccc2-c2ccccc21. The summed E-state index contributed by atoms with van der Waals surface area (Å²) < 4.78 is 5.62. The van der Waals surface area contributed by atoms with E-state index in [9.17, 15) is 19.5 Å². The van der Waals surface area contributed by atoms with E-state index in [-0.39, 0.29) is 18.4 Å². The third-order valence-corrected chi connectivity index (χ3v) is 6.86. The van der Waals surface area contributed by atoms with Crippen LogP contribution in [-0.2, 0) is 9.53 Å². The van der Waals surface area contributed by atoms with E-state index in [1.165, 1.54) is 4.90 Å². The molecule has 0 saturated carbocycles. The summed E-state index contributed by atoms with van der Waals surface area (Å²) in [5.74, 6) is -1.41. The fraction of sp³-hybridized carbons (Fsp3) is 0.250. The molecule has 1 atom stereocenters. The third-order valence-electron chi connectivity index (χ3n) is 6.86. The summed E-state index contributed by atoms with van der Waals surface area (Å²) in [7, 11) is 0. The number of likely N-dealkylation sites (tertiary alicyclic amines) is 1. The van der Waals surface area contributed by atoms with Gasteiger partial charge in [0.15, 0.2) is 0 Å². The molecule has 0 aromatic heterocycles. The van der Waals surface area contributed by atoms with Crippen molar-refractivity contribution < 1.29 is 24.2 Å². The van der Waals surface area contributed by atoms with Crippen LogP contribution in [0.2, 0.25) is 0 Å². The number of carboxylic acid groups (broad SMARTS) is 1. The maximum Gasteiger partial charge on any atom is 0.411 e. The predicted octanol–water partition coefficient (Wildman–Crippen LogP) is 5.05. The number of ether oxygens (including phenoxy) is 1. The normalized spacial score (nSPS) is 16.5. The molecular weight excluding hydrogens is 444 g/mol. The average molecular weight is 471 g/mol. The molecule has 1 saturated heterocycles. The molecule has 7 nitrogen and oxygen atoms in total. The molecule has 1 fully saturated rings. The number of nitrogens with zero attached hydrogens (tertiary/aromatic N) is 1. The van der Waals surface area contributed by atoms with Crippen LogP contribution in [0.1, 0.15) is 45.8 Å². The molecule has 1 aliphatic carbocycles. The Morgan fingerprint density at radius 3 is 2.31 bits per heavy atom. The zero-order valence-corrected chi connectivity index (χ0v) is 19.4. The van der Waals surface area contributed by atoms with E-state index in [2.05, 4.69) is 29.6 Å². The Kier molecular flexibility index (Phi) is 5.99. The van der Waals surface area contributed by atoms with E-state index < -0.39 is 18.1 Å². The number of carbonyl (C=O) groups excluding carboxylic acids is 2. The summed E-state index contributed by atoms with van der Waals surface area (Å²) in [6, 6.07) is 20.4. The minimum atomic E-state index is -1.00. The number of aliphatic carboxylic acids is 1. The van der Waals surface area contributed by atoms with Gasteiger partial charge in [0.25, 0.3) is 5.91 Å². The van der Waals surface area contributed by atoms with Crippen molar-refractivity contribution in [2.45, 2.75) is 31.7 Å². The highest BCUT2D eigenvalue weighted by molar-refractivity contribution is 5.99. The van der Waals surface area contributed by atoms with Crippen LogP contribution in [0, 0.1) is 6.92 Å². The second-order valence-corrected chi connectivity index (χ2v) is 8.98. The van der Waals surface area contributed by atoms with E-state index in [1.807, 2.05) is 31.2 Å². The second-order valence-electron chi connectivity index (χ2n) is 8.98. The summed E-state index contributed by atoms with van der Waals surface area (Å²) in [6.07, 6.45) is 0.487. The van der Waals surface area contributed by atoms with E-state index in [0.29, 0.717) is 30.6 Å². The van der Waals surface area contributed by atoms with E-state index in [4.69, 9.17) is 4.74 Å². The van der Waals surface area contributed by atoms with Crippen molar-refractivity contribution in [2.24, 2.45) is 0 Å². The van der Waals surface area contributed by atoms with Crippen LogP contribution >= 0.6 is 0 Å². The smallest absolute Gasteiger partial charge is 0.411 e. The molecule has 2 amide bonds. The zero-order chi connectivity index (χ0) is 24.5. The molecule has 2 N–H and O–H groups in total. The molecular formula is C28H26N2O5. The third kappa shape index (κ3) is 4.25. The van der Waals surface area contributed by atoms with Gasteiger partial charge in [-0.1, -0.05) is 54.6 Å². The van der Waals surface area contributed by atoms with Gasteiger partial charge in [-0.2, -0.15) is 0 Å². The molecule has 0 spiro atoms. The molecule has 0 radical (unpaired) electrons. The Hall–Kier alpha value is -4.13. The number of amides is 2. The molecule has 1 heterocycles. The van der Waals surface area contributed by atoms with E-state index >= 15 is 0 Å². The number of benzene rings is 3. The molecule has 1 aliphatic heterocycles. The lowest BCUT2D eigenvalue weighted by atomic mass is 9.98. The first kappa shape index (κ1) is 22.7. The number of rotatable bonds is 5. The molecule has 35 heavy (non-hydrogen) atoms. The number of hydrogen-bond donors (Lipinski definition) is 2. The van der Waals surface area contributed by atoms with Gasteiger partial charge in [0.2, 0.25) is 0 Å². The molecule has 2 aliphatic rings. The van der Waals surface area contributed by atoms with Crippen LogP contribution in [0.5, 0.6) is 0 Å². The van der Waals surface area contributed by atoms with Gasteiger partial charge in [-0.15, -0.1) is 0 Å². The van der Waals surface area contributed by atoms with Gasteiger partial charge in [0.1, 0.15) is 12.6 Å². The lowest BCUT2D eigenvalue weighted by molar-refractivity contribution is -0.141. The predicted molar refractivity (Wildman–Crippen MR) is 132 cm³/mol. The van der Waals surface area contributed by atoms with Gasteiger partial charge in [-0.05, 0) is 59.7 Å². The van der Waals surface area contributed by atoms with Crippen molar-refractivity contribution in [3.63, 3.8) is 0 Å². The standard InChI is InChI=1S/C28H26N2O5/c1-17-12-13-18(26(31)30-14-6-11-25(30)27(32)33)15-24(17)29-28(34)35-16-23-21-9-4-2-7-19(21)20-8-3-5-10-22(20)23/h2-5,7-10,12-13,15,23,25H,6,11,14,16H2,1H3,(H,29,34)(H,32,33)/t25-/m1/s1. The number of carbonyl (C=O) groups is 3. The number of hydrogen-bond acceptors (Lipinski definition) is 4. The summed E-state index contributed by atoms with van der Waals surface area (Å²) in [6.45, 7) is 2.41. The van der Waals surface area contributed by atoms with Gasteiger partial charge >= 0.3 is 12.1 Å². The highest BCUT2D eigenvalue weighted by Gasteiger charge is 2.34. The average Bonchev–Trinajstić information content (AvgIpc) is 3.47. The first-order valence-corrected chi connectivity index (χ1v) is 11.7. The van der Waals surface area contributed by atoms with Crippen molar-refractivity contribution >= 4 is 23.7 Å². The molecule has 0 bridgehead atoms. The summed E-state index contributed by atoms with van der Waals surface area (Å²) in [5.41, 5.74) is 6.12. The highest BCUT2D eigenvalue weighted by atomic mass is 16.5. The first-order chi connectivity index (χ1) is 16.9. The van der Waals surface area contributed by atoms with Crippen LogP contribution in [0.15, 0.2) is 66.7 Å². The molecule has 7 heteroatoms. The number of carboxylic acids is 1. The van der Waals surface area contributed by atoms with Gasteiger partial charge in [-0.3, -0.25) is 10.1 Å². The van der Waals surface area contributed by atoms with Crippen molar-refractivity contribution in [3.05, 3.63) is 89.0 Å². The van der Waals surface area contributed by atoms with Crippen LogP contribution in [0.3, 0.4) is 0 Å². The Morgan fingerprint density at radius 1 is 1.00 bits per heavy atom. The van der Waals surface area contributed by atoms with Gasteiger partial charge in [-0.25, -0.2) is 9.59 Å². The molecule has 178 valence electrons. The van der Waals surface area contributed by atoms with Crippen LogP contribution in [-0.4, -0.2) is 47.2 Å². The fourth-order valence-corrected chi connectivity index (χ4v) is 5.07. The minimum absolute atomic E-state index is 0.0507. The maximum absolute atomic E-state index is 13.0. The topological polar surface area (TPSA) is 95.9 Å². The van der Waals surface area contributed by atoms with E-state index in [0.717, 1.165) is 27.8 Å². The Bertz CT molecular complexity index is 1270. The lowest BCUT2D eigenvalue weighted by Gasteiger charge is -2.22. The fourth-order valence-electron chi connectivity index (χ4n) is 5.07. The highest BCUT2D eigenvalue weighted by Crippen LogP contribution is 2.44. The summed E-state index contributed by atoms with van der Waals surface area (Å²) in [4.78, 5) is 38.5. The van der Waals surface area contributed by atoms with Crippen molar-refractivity contribution in [3.8, 4) is 11.1 Å². The van der Waals surface area contributed by atoms with Gasteiger partial charge < -0.3 is 14.7 Å². The van der Waals surface area contributed by atoms with Gasteiger partial charge in [0, 0.05) is 23.7 Å². The molecule has 3 aromatic carbocycles. The van der Waals surface area contributed by atoms with Crippen molar-refractivity contribution in [1.82, 2.24) is 4.90 Å². The number of nitrogens with one attached hydrogen (secondary N) is 1. The monoisotopic (exact) mass is 470 g/mol. The first-order valence-electron chi connectivity index (χ1n) is 11.7. The number of anilines is 1. The molecule has 0 unspecified atom stereocenters. The van der Waals surface area contributed by atoms with Crippen LogP contribution in [0.4, 0.5) is 10.5 Å². The zero-order valence-electron chi connectivity index (χ0n) is 19.4. The molecule has 5 rings (SSSR count). The van der Waals surface area contributed by atoms with Gasteiger partial charge in [0.05, 0.1) is 0 Å². The Labute approximate surface area is 203 Å². The van der Waals surface area contributed by atoms with Crippen LogP contribution in [0.25, 0.3) is 11.1 Å². The van der Waals surface area contributed by atoms with Crippen molar-refractivity contribution in [1.29, 1.82) is 0 Å². The van der Waals surface area contributed by atoms with Crippen LogP contribution < -0.4 is 5.32 Å². The summed E-state index contributed by atoms with van der Waals surface area (Å²) in [5, 5.41) is 12.2. The van der Waals surface area contributed by atoms with Crippen molar-refractivity contribution in [2.75, 3.05) is 18.5 Å². The minimum Gasteiger partial charge on any atom is -0.480 e. The second kappa shape index (κ2) is 9.25. The largest absolute Gasteiger partial charge is 0.480 e. The Balaban J connectivity index is 1.29. The quantitative estimate of drug-likeness (QED) is 0.544. The van der Waals surface area contributed by atoms with E-state index in [1.54, 1.807) is 18.2 Å². The Morgan fingerprint density at radius 2 is 1.66 bits per heavy atom. The number of aryl methyl sites for hydroxylation is 1.